The molecule has 2 aromatic rings. The van der Waals surface area contributed by atoms with Gasteiger partial charge >= 0.3 is 12.0 Å². The molecular weight excluding hydrogens is 336 g/mol. The lowest BCUT2D eigenvalue weighted by Crippen LogP contribution is -2.21. The maximum Gasteiger partial charge on any atom is 0.338 e. The van der Waals surface area contributed by atoms with Crippen molar-refractivity contribution in [1.82, 2.24) is 9.97 Å². The first kappa shape index (κ1) is 17.5. The van der Waals surface area contributed by atoms with Crippen molar-refractivity contribution < 1.29 is 19.1 Å². The molecule has 0 saturated heterocycles. The predicted octanol–water partition coefficient (Wildman–Crippen LogP) is 2.47. The summed E-state index contributed by atoms with van der Waals surface area (Å²) < 4.78 is 10.3. The molecule has 1 heterocycles. The van der Waals surface area contributed by atoms with Gasteiger partial charge in [0.05, 0.1) is 24.8 Å². The Hall–Kier alpha value is -2.87. The maximum absolute atomic E-state index is 12.1. The Labute approximate surface area is 142 Å². The summed E-state index contributed by atoms with van der Waals surface area (Å²) in [6, 6.07) is 5.84. The van der Waals surface area contributed by atoms with Gasteiger partial charge < -0.3 is 15.2 Å². The highest BCUT2D eigenvalue weighted by Crippen LogP contribution is 2.37. The summed E-state index contributed by atoms with van der Waals surface area (Å²) in [5.41, 5.74) is 6.08. The molecule has 2 rings (SSSR count). The van der Waals surface area contributed by atoms with E-state index in [2.05, 4.69) is 15.3 Å². The molecule has 8 nitrogen and oxygen atoms in total. The smallest absolute Gasteiger partial charge is 0.338 e. The second-order valence-electron chi connectivity index (χ2n) is 4.48. The monoisotopic (exact) mass is 350 g/mol. The van der Waals surface area contributed by atoms with Gasteiger partial charge in [0.15, 0.2) is 0 Å². The van der Waals surface area contributed by atoms with E-state index in [4.69, 9.17) is 26.8 Å². The summed E-state index contributed by atoms with van der Waals surface area (Å²) in [5, 5.41) is 2.21. The van der Waals surface area contributed by atoms with Gasteiger partial charge in [-0.05, 0) is 13.0 Å². The number of nitrogens with one attached hydrogen (secondary N) is 1. The van der Waals surface area contributed by atoms with Crippen LogP contribution in [-0.4, -0.2) is 35.7 Å². The Kier molecular flexibility index (Phi) is 5.54. The molecule has 0 radical (unpaired) electrons. The average Bonchev–Trinajstić information content (AvgIpc) is 2.54. The molecule has 0 atom stereocenters. The number of rotatable bonds is 5. The zero-order valence-electron chi connectivity index (χ0n) is 13.0. The van der Waals surface area contributed by atoms with Crippen molar-refractivity contribution in [1.29, 1.82) is 0 Å². The van der Waals surface area contributed by atoms with Gasteiger partial charge in [0.25, 0.3) is 0 Å². The van der Waals surface area contributed by atoms with Crippen LogP contribution in [0.4, 0.5) is 10.7 Å². The summed E-state index contributed by atoms with van der Waals surface area (Å²) in [7, 11) is 1.38. The molecule has 0 aliphatic carbocycles. The Balaban J connectivity index is 2.61. The first-order valence-electron chi connectivity index (χ1n) is 6.92. The van der Waals surface area contributed by atoms with E-state index in [9.17, 15) is 9.59 Å². The third-order valence-electron chi connectivity index (χ3n) is 2.95. The molecule has 1 aromatic carbocycles. The van der Waals surface area contributed by atoms with E-state index >= 15 is 0 Å². The number of anilines is 1. The Morgan fingerprint density at radius 1 is 1.29 bits per heavy atom. The Morgan fingerprint density at radius 2 is 2.00 bits per heavy atom. The lowest BCUT2D eigenvalue weighted by molar-refractivity contribution is 0.0527. The van der Waals surface area contributed by atoms with Gasteiger partial charge in [-0.25, -0.2) is 9.59 Å². The summed E-state index contributed by atoms with van der Waals surface area (Å²) in [4.78, 5) is 31.1. The normalized spacial score (nSPS) is 10.1. The Bertz CT molecular complexity index is 782. The maximum atomic E-state index is 12.1. The molecule has 0 spiro atoms. The van der Waals surface area contributed by atoms with Crippen molar-refractivity contribution in [2.75, 3.05) is 19.0 Å². The number of hydrogen-bond donors (Lipinski definition) is 2. The first-order valence-corrected chi connectivity index (χ1v) is 7.30. The number of nitrogens with two attached hydrogens (primary N) is 1. The second kappa shape index (κ2) is 7.60. The molecule has 0 saturated carbocycles. The fourth-order valence-electron chi connectivity index (χ4n) is 2.04. The fraction of sp³-hybridized carbons (Fsp3) is 0.200. The molecule has 0 aliphatic rings. The zero-order valence-corrected chi connectivity index (χ0v) is 13.8. The Morgan fingerprint density at radius 3 is 2.62 bits per heavy atom. The van der Waals surface area contributed by atoms with Gasteiger partial charge in [-0.15, -0.1) is 0 Å². The van der Waals surface area contributed by atoms with Crippen LogP contribution in [0.25, 0.3) is 11.1 Å². The van der Waals surface area contributed by atoms with E-state index in [0.29, 0.717) is 16.7 Å². The van der Waals surface area contributed by atoms with Crippen LogP contribution in [0.2, 0.25) is 5.15 Å². The van der Waals surface area contributed by atoms with E-state index in [1.165, 1.54) is 7.11 Å². The SMILES string of the molecule is CCOC(=O)c1ccccc1-c1c(Cl)nc(NC(N)=O)nc1OC. The van der Waals surface area contributed by atoms with Gasteiger partial charge in [-0.1, -0.05) is 29.8 Å². The second-order valence-corrected chi connectivity index (χ2v) is 4.84. The lowest BCUT2D eigenvalue weighted by Gasteiger charge is -2.14. The summed E-state index contributed by atoms with van der Waals surface area (Å²) in [5.74, 6) is -0.539. The van der Waals surface area contributed by atoms with Crippen LogP contribution in [0, 0.1) is 0 Å². The molecule has 0 unspecified atom stereocenters. The predicted molar refractivity (Wildman–Crippen MR) is 88.2 cm³/mol. The number of urea groups is 1. The molecule has 0 aliphatic heterocycles. The highest BCUT2D eigenvalue weighted by molar-refractivity contribution is 6.32. The number of aromatic nitrogens is 2. The van der Waals surface area contributed by atoms with Crippen molar-refractivity contribution in [3.63, 3.8) is 0 Å². The molecule has 0 fully saturated rings. The minimum Gasteiger partial charge on any atom is -0.480 e. The van der Waals surface area contributed by atoms with Gasteiger partial charge in [0, 0.05) is 5.56 Å². The molecule has 24 heavy (non-hydrogen) atoms. The number of nitrogens with zero attached hydrogens (tertiary/aromatic N) is 2. The number of hydrogen-bond acceptors (Lipinski definition) is 6. The first-order chi connectivity index (χ1) is 11.5. The number of carbonyl (C=O) groups excluding carboxylic acids is 2. The van der Waals surface area contributed by atoms with E-state index < -0.39 is 12.0 Å². The van der Waals surface area contributed by atoms with Crippen molar-refractivity contribution in [2.24, 2.45) is 5.73 Å². The zero-order chi connectivity index (χ0) is 17.7. The average molecular weight is 351 g/mol. The van der Waals surface area contributed by atoms with E-state index in [-0.39, 0.29) is 23.6 Å². The van der Waals surface area contributed by atoms with Crippen molar-refractivity contribution in [2.45, 2.75) is 6.92 Å². The van der Waals surface area contributed by atoms with Crippen LogP contribution in [0.1, 0.15) is 17.3 Å². The lowest BCUT2D eigenvalue weighted by atomic mass is 10.0. The molecule has 1 aromatic heterocycles. The van der Waals surface area contributed by atoms with Gasteiger partial charge in [-0.2, -0.15) is 9.97 Å². The standard InChI is InChI=1S/C15H15ClN4O4/c1-3-24-13(21)9-7-5-4-6-8(9)10-11(16)18-15(20-14(17)22)19-12(10)23-2/h4-7H,3H2,1-2H3,(H3,17,18,19,20,22). The van der Waals surface area contributed by atoms with Crippen molar-refractivity contribution >= 4 is 29.5 Å². The number of benzene rings is 1. The van der Waals surface area contributed by atoms with E-state index in [1.54, 1.807) is 31.2 Å². The van der Waals surface area contributed by atoms with Crippen LogP contribution in [-0.2, 0) is 4.74 Å². The van der Waals surface area contributed by atoms with E-state index in [1.807, 2.05) is 0 Å². The summed E-state index contributed by atoms with van der Waals surface area (Å²) in [6.07, 6.45) is 0. The van der Waals surface area contributed by atoms with Crippen LogP contribution in [0.15, 0.2) is 24.3 Å². The number of carbonyl (C=O) groups is 2. The minimum absolute atomic E-state index is 0.0117. The van der Waals surface area contributed by atoms with Crippen molar-refractivity contribution in [3.8, 4) is 17.0 Å². The summed E-state index contributed by atoms with van der Waals surface area (Å²) >= 11 is 6.21. The highest BCUT2D eigenvalue weighted by Gasteiger charge is 2.22. The third-order valence-corrected chi connectivity index (χ3v) is 3.23. The van der Waals surface area contributed by atoms with Gasteiger partial charge in [0.2, 0.25) is 11.8 Å². The molecule has 0 bridgehead atoms. The number of methoxy groups -OCH3 is 1. The van der Waals surface area contributed by atoms with Crippen molar-refractivity contribution in [3.05, 3.63) is 35.0 Å². The molecular formula is C15H15ClN4O4. The molecule has 3 N–H and O–H groups in total. The molecule has 2 amide bonds. The quantitative estimate of drug-likeness (QED) is 0.632. The van der Waals surface area contributed by atoms with Crippen LogP contribution in [0.3, 0.4) is 0 Å². The van der Waals surface area contributed by atoms with Gasteiger partial charge in [-0.3, -0.25) is 5.32 Å². The van der Waals surface area contributed by atoms with E-state index in [0.717, 1.165) is 0 Å². The minimum atomic E-state index is -0.840. The fourth-order valence-corrected chi connectivity index (χ4v) is 2.30. The summed E-state index contributed by atoms with van der Waals surface area (Å²) in [6.45, 7) is 1.94. The number of amides is 2. The topological polar surface area (TPSA) is 116 Å². The van der Waals surface area contributed by atoms with Crippen LogP contribution < -0.4 is 15.8 Å². The third kappa shape index (κ3) is 3.72. The molecule has 126 valence electrons. The van der Waals surface area contributed by atoms with Gasteiger partial charge in [0.1, 0.15) is 5.15 Å². The number of ether oxygens (including phenoxy) is 2. The number of halogens is 1. The highest BCUT2D eigenvalue weighted by atomic mass is 35.5. The largest absolute Gasteiger partial charge is 0.480 e. The van der Waals surface area contributed by atoms with Crippen LogP contribution >= 0.6 is 11.6 Å². The molecule has 9 heteroatoms. The van der Waals surface area contributed by atoms with Crippen LogP contribution in [0.5, 0.6) is 5.88 Å². The number of primary amides is 1. The number of esters is 1.